The molecule has 1 heterocycles. The Morgan fingerprint density at radius 3 is 1.85 bits per heavy atom. The number of benzene rings is 2. The number of aromatic nitrogens is 2. The van der Waals surface area contributed by atoms with Crippen molar-refractivity contribution in [2.75, 3.05) is 0 Å². The van der Waals surface area contributed by atoms with Crippen LogP contribution in [0.4, 0.5) is 0 Å². The van der Waals surface area contributed by atoms with Gasteiger partial charge in [-0.25, -0.2) is 0 Å². The number of aromatic amines is 1. The molecule has 0 saturated heterocycles. The number of hydrogen-bond acceptors (Lipinski definition) is 3. The van der Waals surface area contributed by atoms with Crippen LogP contribution < -0.4 is 0 Å². The maximum Gasteiger partial charge on any atom is 0.115 e. The summed E-state index contributed by atoms with van der Waals surface area (Å²) in [6.07, 6.45) is 0. The number of aromatic hydroxyl groups is 2. The zero-order chi connectivity index (χ0) is 14.1. The monoisotopic (exact) mass is 330 g/mol. The van der Waals surface area contributed by atoms with E-state index in [4.69, 9.17) is 0 Å². The lowest BCUT2D eigenvalue weighted by molar-refractivity contribution is 0.475. The van der Waals surface area contributed by atoms with Gasteiger partial charge in [0.15, 0.2) is 0 Å². The van der Waals surface area contributed by atoms with E-state index in [2.05, 4.69) is 26.1 Å². The fourth-order valence-corrected chi connectivity index (χ4v) is 2.59. The molecule has 0 unspecified atom stereocenters. The molecule has 0 radical (unpaired) electrons. The minimum absolute atomic E-state index is 0.221. The van der Waals surface area contributed by atoms with Gasteiger partial charge in [0.25, 0.3) is 0 Å². The van der Waals surface area contributed by atoms with Crippen molar-refractivity contribution in [3.8, 4) is 34.0 Å². The summed E-state index contributed by atoms with van der Waals surface area (Å²) in [4.78, 5) is 0. The van der Waals surface area contributed by atoms with Crippen LogP contribution in [0.5, 0.6) is 11.5 Å². The maximum absolute atomic E-state index is 9.32. The molecule has 4 nitrogen and oxygen atoms in total. The van der Waals surface area contributed by atoms with E-state index in [9.17, 15) is 10.2 Å². The Balaban J connectivity index is 2.04. The molecule has 0 saturated carbocycles. The molecule has 20 heavy (non-hydrogen) atoms. The average Bonchev–Trinajstić information content (AvgIpc) is 2.83. The molecule has 1 aromatic heterocycles. The van der Waals surface area contributed by atoms with Gasteiger partial charge < -0.3 is 10.2 Å². The van der Waals surface area contributed by atoms with Crippen LogP contribution in [0.2, 0.25) is 0 Å². The second-order valence-electron chi connectivity index (χ2n) is 4.35. The van der Waals surface area contributed by atoms with E-state index in [-0.39, 0.29) is 11.5 Å². The third-order valence-electron chi connectivity index (χ3n) is 3.00. The fourth-order valence-electron chi connectivity index (χ4n) is 1.96. The van der Waals surface area contributed by atoms with Crippen LogP contribution in [0, 0.1) is 0 Å². The van der Waals surface area contributed by atoms with Crippen molar-refractivity contribution in [1.29, 1.82) is 0 Å². The molecule has 5 heteroatoms. The zero-order valence-electron chi connectivity index (χ0n) is 10.3. The molecular formula is C15H11BrN2O2. The van der Waals surface area contributed by atoms with Crippen molar-refractivity contribution in [2.45, 2.75) is 0 Å². The van der Waals surface area contributed by atoms with Gasteiger partial charge in [0, 0.05) is 11.1 Å². The molecule has 0 aliphatic heterocycles. The molecule has 3 N–H and O–H groups in total. The molecule has 0 bridgehead atoms. The van der Waals surface area contributed by atoms with E-state index < -0.39 is 0 Å². The lowest BCUT2D eigenvalue weighted by Gasteiger charge is -2.01. The quantitative estimate of drug-likeness (QED) is 0.667. The van der Waals surface area contributed by atoms with Crippen LogP contribution >= 0.6 is 15.9 Å². The van der Waals surface area contributed by atoms with E-state index in [0.717, 1.165) is 27.0 Å². The Morgan fingerprint density at radius 2 is 1.30 bits per heavy atom. The largest absolute Gasteiger partial charge is 0.508 e. The van der Waals surface area contributed by atoms with Crippen molar-refractivity contribution in [2.24, 2.45) is 0 Å². The Kier molecular flexibility index (Phi) is 3.20. The van der Waals surface area contributed by atoms with Crippen molar-refractivity contribution >= 4 is 15.9 Å². The van der Waals surface area contributed by atoms with Crippen LogP contribution in [0.3, 0.4) is 0 Å². The first-order valence-electron chi connectivity index (χ1n) is 5.98. The summed E-state index contributed by atoms with van der Waals surface area (Å²) in [5.41, 5.74) is 3.43. The standard InChI is InChI=1S/C15H11BrN2O2/c16-13-14(9-1-5-11(19)6-2-9)17-18-15(13)10-3-7-12(20)8-4-10/h1-8,19-20H,(H,17,18). The van der Waals surface area contributed by atoms with Crippen molar-refractivity contribution < 1.29 is 10.2 Å². The predicted molar refractivity (Wildman–Crippen MR) is 80.5 cm³/mol. The summed E-state index contributed by atoms with van der Waals surface area (Å²) in [6.45, 7) is 0. The highest BCUT2D eigenvalue weighted by molar-refractivity contribution is 9.10. The predicted octanol–water partition coefficient (Wildman–Crippen LogP) is 3.92. The lowest BCUT2D eigenvalue weighted by atomic mass is 10.1. The van der Waals surface area contributed by atoms with Gasteiger partial charge >= 0.3 is 0 Å². The summed E-state index contributed by atoms with van der Waals surface area (Å²) in [5.74, 6) is 0.447. The lowest BCUT2D eigenvalue weighted by Crippen LogP contribution is -1.78. The number of rotatable bonds is 2. The molecule has 3 rings (SSSR count). The summed E-state index contributed by atoms with van der Waals surface area (Å²) in [6, 6.07) is 13.7. The third-order valence-corrected chi connectivity index (χ3v) is 3.78. The first kappa shape index (κ1) is 12.7. The molecule has 0 amide bonds. The number of nitrogens with one attached hydrogen (secondary N) is 1. The molecule has 0 aliphatic rings. The molecule has 3 aromatic rings. The second-order valence-corrected chi connectivity index (χ2v) is 5.15. The summed E-state index contributed by atoms with van der Waals surface area (Å²) < 4.78 is 0.842. The van der Waals surface area contributed by atoms with Gasteiger partial charge in [-0.15, -0.1) is 0 Å². The van der Waals surface area contributed by atoms with E-state index in [1.54, 1.807) is 36.4 Å². The highest BCUT2D eigenvalue weighted by Crippen LogP contribution is 2.35. The first-order valence-corrected chi connectivity index (χ1v) is 6.77. The fraction of sp³-hybridized carbons (Fsp3) is 0. The minimum atomic E-state index is 0.221. The topological polar surface area (TPSA) is 69.1 Å². The minimum Gasteiger partial charge on any atom is -0.508 e. The summed E-state index contributed by atoms with van der Waals surface area (Å²) >= 11 is 3.54. The molecular weight excluding hydrogens is 320 g/mol. The van der Waals surface area contributed by atoms with Crippen molar-refractivity contribution in [3.05, 3.63) is 53.0 Å². The maximum atomic E-state index is 9.32. The second kappa shape index (κ2) is 5.02. The van der Waals surface area contributed by atoms with Gasteiger partial charge in [0.2, 0.25) is 0 Å². The number of hydrogen-bond donors (Lipinski definition) is 3. The smallest absolute Gasteiger partial charge is 0.115 e. The van der Waals surface area contributed by atoms with Gasteiger partial charge in [0.05, 0.1) is 10.2 Å². The SMILES string of the molecule is Oc1ccc(-c2n[nH]c(-c3ccc(O)cc3)c2Br)cc1. The molecule has 2 aromatic carbocycles. The Labute approximate surface area is 123 Å². The van der Waals surface area contributed by atoms with Gasteiger partial charge in [-0.05, 0) is 64.5 Å². The molecule has 0 fully saturated rings. The van der Waals surface area contributed by atoms with Gasteiger partial charge in [-0.2, -0.15) is 5.10 Å². The van der Waals surface area contributed by atoms with E-state index >= 15 is 0 Å². The van der Waals surface area contributed by atoms with Crippen LogP contribution in [0.25, 0.3) is 22.5 Å². The summed E-state index contributed by atoms with van der Waals surface area (Å²) in [5, 5.41) is 25.9. The Morgan fingerprint density at radius 1 is 0.800 bits per heavy atom. The highest BCUT2D eigenvalue weighted by atomic mass is 79.9. The molecule has 0 aliphatic carbocycles. The number of halogens is 1. The molecule has 0 atom stereocenters. The van der Waals surface area contributed by atoms with Gasteiger partial charge in [0.1, 0.15) is 17.2 Å². The van der Waals surface area contributed by atoms with Crippen molar-refractivity contribution in [1.82, 2.24) is 10.2 Å². The number of H-pyrrole nitrogens is 1. The molecule has 0 spiro atoms. The highest BCUT2D eigenvalue weighted by Gasteiger charge is 2.13. The first-order chi connectivity index (χ1) is 9.65. The van der Waals surface area contributed by atoms with E-state index in [0.29, 0.717) is 0 Å². The number of phenols is 2. The van der Waals surface area contributed by atoms with Crippen LogP contribution in [0.1, 0.15) is 0 Å². The Hall–Kier alpha value is -2.27. The summed E-state index contributed by atoms with van der Waals surface area (Å²) in [7, 11) is 0. The van der Waals surface area contributed by atoms with Crippen molar-refractivity contribution in [3.63, 3.8) is 0 Å². The van der Waals surface area contributed by atoms with Gasteiger partial charge in [-0.1, -0.05) is 0 Å². The number of nitrogens with zero attached hydrogens (tertiary/aromatic N) is 1. The van der Waals surface area contributed by atoms with E-state index in [1.165, 1.54) is 0 Å². The third kappa shape index (κ3) is 2.28. The van der Waals surface area contributed by atoms with Crippen LogP contribution in [-0.4, -0.2) is 20.4 Å². The normalized spacial score (nSPS) is 10.7. The van der Waals surface area contributed by atoms with Gasteiger partial charge in [-0.3, -0.25) is 5.10 Å². The van der Waals surface area contributed by atoms with Crippen LogP contribution in [-0.2, 0) is 0 Å². The Bertz CT molecular complexity index is 671. The molecule has 100 valence electrons. The average molecular weight is 331 g/mol. The van der Waals surface area contributed by atoms with Crippen LogP contribution in [0.15, 0.2) is 53.0 Å². The van der Waals surface area contributed by atoms with E-state index in [1.807, 2.05) is 12.1 Å². The number of phenolic OH excluding ortho intramolecular Hbond substituents is 2. The zero-order valence-corrected chi connectivity index (χ0v) is 11.9.